The van der Waals surface area contributed by atoms with E-state index in [0.29, 0.717) is 6.04 Å². The molecule has 0 heterocycles. The molecule has 0 rings (SSSR count). The van der Waals surface area contributed by atoms with Crippen molar-refractivity contribution in [1.29, 1.82) is 0 Å². The van der Waals surface area contributed by atoms with Crippen molar-refractivity contribution < 1.29 is 0 Å². The Labute approximate surface area is 90.5 Å². The highest BCUT2D eigenvalue weighted by molar-refractivity contribution is 4.75. The lowest BCUT2D eigenvalue weighted by molar-refractivity contribution is 0.283. The molecule has 0 radical (unpaired) electrons. The van der Waals surface area contributed by atoms with E-state index in [2.05, 4.69) is 34.6 Å². The van der Waals surface area contributed by atoms with E-state index < -0.39 is 0 Å². The molecule has 1 unspecified atom stereocenters. The van der Waals surface area contributed by atoms with E-state index in [1.807, 2.05) is 0 Å². The first-order valence-electron chi connectivity index (χ1n) is 6.22. The van der Waals surface area contributed by atoms with Crippen LogP contribution in [0.25, 0.3) is 0 Å². The Balaban J connectivity index is 4.08. The van der Waals surface area contributed by atoms with Gasteiger partial charge >= 0.3 is 0 Å². The van der Waals surface area contributed by atoms with E-state index in [1.54, 1.807) is 0 Å². The predicted molar refractivity (Wildman–Crippen MR) is 65.3 cm³/mol. The largest absolute Gasteiger partial charge is 0.327 e. The maximum Gasteiger partial charge on any atom is 0.00672 e. The van der Waals surface area contributed by atoms with E-state index in [-0.39, 0.29) is 0 Å². The van der Waals surface area contributed by atoms with Crippen molar-refractivity contribution in [2.24, 2.45) is 23.5 Å². The average molecular weight is 199 g/mol. The molecule has 14 heavy (non-hydrogen) atoms. The number of hydrogen-bond donors (Lipinski definition) is 1. The molecular formula is C13H29N. The summed E-state index contributed by atoms with van der Waals surface area (Å²) in [5.74, 6) is 2.29. The lowest BCUT2D eigenvalue weighted by atomic mass is 9.83. The third-order valence-corrected chi connectivity index (χ3v) is 2.78. The zero-order chi connectivity index (χ0) is 11.1. The van der Waals surface area contributed by atoms with Gasteiger partial charge in [0.2, 0.25) is 0 Å². The molecule has 0 saturated heterocycles. The lowest BCUT2D eigenvalue weighted by Crippen LogP contribution is -2.31. The summed E-state index contributed by atoms with van der Waals surface area (Å²) >= 11 is 0. The molecule has 1 heteroatoms. The third kappa shape index (κ3) is 6.42. The van der Waals surface area contributed by atoms with Crippen LogP contribution in [0.3, 0.4) is 0 Å². The Morgan fingerprint density at radius 1 is 0.929 bits per heavy atom. The van der Waals surface area contributed by atoms with Gasteiger partial charge in [-0.2, -0.15) is 0 Å². The monoisotopic (exact) mass is 199 g/mol. The van der Waals surface area contributed by atoms with Crippen molar-refractivity contribution in [2.75, 3.05) is 0 Å². The molecule has 0 aliphatic carbocycles. The Morgan fingerprint density at radius 2 is 1.36 bits per heavy atom. The second kappa shape index (κ2) is 7.28. The van der Waals surface area contributed by atoms with E-state index in [0.717, 1.165) is 17.8 Å². The number of hydrogen-bond acceptors (Lipinski definition) is 1. The van der Waals surface area contributed by atoms with E-state index in [9.17, 15) is 0 Å². The van der Waals surface area contributed by atoms with Crippen molar-refractivity contribution in [1.82, 2.24) is 0 Å². The molecule has 2 N–H and O–H groups in total. The van der Waals surface area contributed by atoms with Crippen LogP contribution in [0.4, 0.5) is 0 Å². The minimum atomic E-state index is 0.421. The molecule has 1 nitrogen and oxygen atoms in total. The average Bonchev–Trinajstić information content (AvgIpc) is 2.01. The van der Waals surface area contributed by atoms with E-state index >= 15 is 0 Å². The standard InChI is InChI=1S/C13H29N/c1-6-7-13(14)12(8-10(2)3)9-11(4)5/h10-13H,6-9,14H2,1-5H3. The normalized spacial score (nSPS) is 14.4. The number of rotatable bonds is 7. The van der Waals surface area contributed by atoms with Gasteiger partial charge < -0.3 is 5.73 Å². The minimum Gasteiger partial charge on any atom is -0.327 e. The Morgan fingerprint density at radius 3 is 1.64 bits per heavy atom. The quantitative estimate of drug-likeness (QED) is 0.662. The van der Waals surface area contributed by atoms with Gasteiger partial charge in [-0.1, -0.05) is 41.0 Å². The summed E-state index contributed by atoms with van der Waals surface area (Å²) < 4.78 is 0. The Hall–Kier alpha value is -0.0400. The summed E-state index contributed by atoms with van der Waals surface area (Å²) in [7, 11) is 0. The molecule has 0 saturated carbocycles. The van der Waals surface area contributed by atoms with Gasteiger partial charge in [0.15, 0.2) is 0 Å². The van der Waals surface area contributed by atoms with Crippen LogP contribution >= 0.6 is 0 Å². The molecular weight excluding hydrogens is 170 g/mol. The molecule has 0 spiro atoms. The van der Waals surface area contributed by atoms with Crippen molar-refractivity contribution >= 4 is 0 Å². The second-order valence-corrected chi connectivity index (χ2v) is 5.47. The summed E-state index contributed by atoms with van der Waals surface area (Å²) in [5.41, 5.74) is 6.23. The van der Waals surface area contributed by atoms with Gasteiger partial charge in [0.05, 0.1) is 0 Å². The summed E-state index contributed by atoms with van der Waals surface area (Å²) in [4.78, 5) is 0. The highest BCUT2D eigenvalue weighted by Crippen LogP contribution is 2.24. The topological polar surface area (TPSA) is 26.0 Å². The van der Waals surface area contributed by atoms with Crippen molar-refractivity contribution in [3.8, 4) is 0 Å². The van der Waals surface area contributed by atoms with E-state index in [1.165, 1.54) is 25.7 Å². The highest BCUT2D eigenvalue weighted by atomic mass is 14.6. The zero-order valence-electron chi connectivity index (χ0n) is 10.7. The van der Waals surface area contributed by atoms with Crippen LogP contribution in [0.2, 0.25) is 0 Å². The molecule has 0 aromatic carbocycles. The van der Waals surface area contributed by atoms with Gasteiger partial charge in [-0.25, -0.2) is 0 Å². The Kier molecular flexibility index (Phi) is 7.26. The lowest BCUT2D eigenvalue weighted by Gasteiger charge is -2.26. The fourth-order valence-electron chi connectivity index (χ4n) is 2.23. The molecule has 0 fully saturated rings. The fourth-order valence-corrected chi connectivity index (χ4v) is 2.23. The van der Waals surface area contributed by atoms with Crippen molar-refractivity contribution in [3.63, 3.8) is 0 Å². The molecule has 0 aliphatic rings. The first-order chi connectivity index (χ1) is 6.47. The second-order valence-electron chi connectivity index (χ2n) is 5.47. The van der Waals surface area contributed by atoms with Crippen LogP contribution in [0, 0.1) is 17.8 Å². The van der Waals surface area contributed by atoms with Gasteiger partial charge in [0.1, 0.15) is 0 Å². The van der Waals surface area contributed by atoms with Crippen molar-refractivity contribution in [3.05, 3.63) is 0 Å². The van der Waals surface area contributed by atoms with Crippen LogP contribution in [0.1, 0.15) is 60.3 Å². The Bertz CT molecular complexity index is 119. The maximum atomic E-state index is 6.23. The molecule has 0 bridgehead atoms. The highest BCUT2D eigenvalue weighted by Gasteiger charge is 2.19. The first-order valence-corrected chi connectivity index (χ1v) is 6.22. The molecule has 0 aromatic heterocycles. The molecule has 0 aromatic rings. The van der Waals surface area contributed by atoms with Crippen LogP contribution in [-0.4, -0.2) is 6.04 Å². The maximum absolute atomic E-state index is 6.23. The predicted octanol–water partition coefficient (Wildman–Crippen LogP) is 3.82. The van der Waals surface area contributed by atoms with Crippen molar-refractivity contribution in [2.45, 2.75) is 66.3 Å². The third-order valence-electron chi connectivity index (χ3n) is 2.78. The summed E-state index contributed by atoms with van der Waals surface area (Å²) in [6, 6.07) is 0.421. The summed E-state index contributed by atoms with van der Waals surface area (Å²) in [5, 5.41) is 0. The van der Waals surface area contributed by atoms with Gasteiger partial charge in [-0.3, -0.25) is 0 Å². The van der Waals surface area contributed by atoms with Gasteiger partial charge in [-0.15, -0.1) is 0 Å². The SMILES string of the molecule is CCCC(N)C(CC(C)C)CC(C)C. The summed E-state index contributed by atoms with van der Waals surface area (Å²) in [6.45, 7) is 11.4. The zero-order valence-corrected chi connectivity index (χ0v) is 10.7. The van der Waals surface area contributed by atoms with Crippen LogP contribution in [0.5, 0.6) is 0 Å². The minimum absolute atomic E-state index is 0.421. The van der Waals surface area contributed by atoms with E-state index in [4.69, 9.17) is 5.73 Å². The van der Waals surface area contributed by atoms with Crippen LogP contribution in [0.15, 0.2) is 0 Å². The first kappa shape index (κ1) is 14.0. The van der Waals surface area contributed by atoms with Gasteiger partial charge in [0.25, 0.3) is 0 Å². The van der Waals surface area contributed by atoms with Crippen LogP contribution < -0.4 is 5.73 Å². The van der Waals surface area contributed by atoms with Gasteiger partial charge in [0, 0.05) is 6.04 Å². The smallest absolute Gasteiger partial charge is 0.00672 e. The fraction of sp³-hybridized carbons (Fsp3) is 1.00. The molecule has 1 atom stereocenters. The molecule has 86 valence electrons. The molecule has 0 aliphatic heterocycles. The van der Waals surface area contributed by atoms with Gasteiger partial charge in [-0.05, 0) is 37.0 Å². The van der Waals surface area contributed by atoms with Crippen LogP contribution in [-0.2, 0) is 0 Å². The summed E-state index contributed by atoms with van der Waals surface area (Å²) in [6.07, 6.45) is 4.98. The number of nitrogens with two attached hydrogens (primary N) is 1. The molecule has 0 amide bonds.